The number of benzene rings is 1. The van der Waals surface area contributed by atoms with Crippen molar-refractivity contribution < 1.29 is 0 Å². The maximum absolute atomic E-state index is 5.74. The maximum atomic E-state index is 5.74. The van der Waals surface area contributed by atoms with Gasteiger partial charge in [-0.2, -0.15) is 0 Å². The molecule has 0 aliphatic heterocycles. The van der Waals surface area contributed by atoms with Crippen LogP contribution in [0.4, 0.5) is 0 Å². The Labute approximate surface area is 104 Å². The molecule has 3 unspecified atom stereocenters. The van der Waals surface area contributed by atoms with Crippen molar-refractivity contribution in [3.8, 4) is 0 Å². The van der Waals surface area contributed by atoms with Crippen LogP contribution in [0.1, 0.15) is 43.2 Å². The zero-order chi connectivity index (χ0) is 11.8. The molecule has 17 heavy (non-hydrogen) atoms. The highest BCUT2D eigenvalue weighted by Crippen LogP contribution is 2.43. The first-order valence-corrected chi connectivity index (χ1v) is 6.83. The highest BCUT2D eigenvalue weighted by atomic mass is 15.2. The van der Waals surface area contributed by atoms with Gasteiger partial charge in [0.15, 0.2) is 0 Å². The van der Waals surface area contributed by atoms with Crippen LogP contribution < -0.4 is 11.3 Å². The van der Waals surface area contributed by atoms with Crippen molar-refractivity contribution in [2.45, 2.75) is 44.6 Å². The van der Waals surface area contributed by atoms with E-state index in [0.29, 0.717) is 6.04 Å². The lowest BCUT2D eigenvalue weighted by atomic mass is 9.73. The smallest absolute Gasteiger partial charge is 0.0244 e. The molecule has 0 radical (unpaired) electrons. The van der Waals surface area contributed by atoms with Crippen molar-refractivity contribution in [2.24, 2.45) is 17.7 Å². The third-order valence-electron chi connectivity index (χ3n) is 4.71. The molecule has 3 atom stereocenters. The van der Waals surface area contributed by atoms with Gasteiger partial charge < -0.3 is 0 Å². The number of rotatable bonds is 5. The lowest BCUT2D eigenvalue weighted by Gasteiger charge is -2.35. The van der Waals surface area contributed by atoms with Crippen LogP contribution in [0.3, 0.4) is 0 Å². The second-order valence-electron chi connectivity index (χ2n) is 5.81. The van der Waals surface area contributed by atoms with Gasteiger partial charge >= 0.3 is 0 Å². The molecule has 2 aliphatic rings. The molecule has 2 nitrogen and oxygen atoms in total. The van der Waals surface area contributed by atoms with E-state index in [1.807, 2.05) is 0 Å². The average Bonchev–Trinajstić information content (AvgIpc) is 3.14. The number of hydrogen-bond donors (Lipinski definition) is 2. The molecular weight excluding hydrogens is 208 g/mol. The monoisotopic (exact) mass is 230 g/mol. The average molecular weight is 230 g/mol. The largest absolute Gasteiger partial charge is 0.271 e. The number of fused-ring (bicyclic) bond motifs is 1. The molecule has 92 valence electrons. The van der Waals surface area contributed by atoms with Crippen LogP contribution in [0, 0.1) is 11.8 Å². The third kappa shape index (κ3) is 2.12. The topological polar surface area (TPSA) is 38.0 Å². The normalized spacial score (nSPS) is 25.9. The molecule has 1 aromatic carbocycles. The SMILES string of the molecule is CC(C1CC1)C(CC1Cc2ccccc21)NN. The minimum atomic E-state index is 0.487. The van der Waals surface area contributed by atoms with E-state index in [9.17, 15) is 0 Å². The van der Waals surface area contributed by atoms with Gasteiger partial charge in [0.2, 0.25) is 0 Å². The van der Waals surface area contributed by atoms with E-state index >= 15 is 0 Å². The fourth-order valence-electron chi connectivity index (χ4n) is 3.26. The standard InChI is InChI=1S/C15H22N2/c1-10(11-6-7-11)15(17-16)9-13-8-12-4-2-3-5-14(12)13/h2-5,10-11,13,15,17H,6-9,16H2,1H3. The summed E-state index contributed by atoms with van der Waals surface area (Å²) in [6.07, 6.45) is 5.25. The van der Waals surface area contributed by atoms with Crippen molar-refractivity contribution in [3.63, 3.8) is 0 Å². The van der Waals surface area contributed by atoms with Crippen LogP contribution in [0.25, 0.3) is 0 Å². The summed E-state index contributed by atoms with van der Waals surface area (Å²) in [6.45, 7) is 2.35. The van der Waals surface area contributed by atoms with Gasteiger partial charge in [0, 0.05) is 6.04 Å². The molecule has 0 spiro atoms. The minimum absolute atomic E-state index is 0.487. The number of nitrogens with one attached hydrogen (secondary N) is 1. The molecule has 3 rings (SSSR count). The lowest BCUT2D eigenvalue weighted by Crippen LogP contribution is -2.42. The summed E-state index contributed by atoms with van der Waals surface area (Å²) < 4.78 is 0. The van der Waals surface area contributed by atoms with Crippen molar-refractivity contribution in [1.82, 2.24) is 5.43 Å². The van der Waals surface area contributed by atoms with Crippen molar-refractivity contribution in [1.29, 1.82) is 0 Å². The fraction of sp³-hybridized carbons (Fsp3) is 0.600. The maximum Gasteiger partial charge on any atom is 0.0244 e. The van der Waals surface area contributed by atoms with Crippen LogP contribution in [-0.2, 0) is 6.42 Å². The Hall–Kier alpha value is -0.860. The van der Waals surface area contributed by atoms with E-state index in [1.54, 1.807) is 5.56 Å². The second kappa shape index (κ2) is 4.43. The lowest BCUT2D eigenvalue weighted by molar-refractivity contribution is 0.302. The summed E-state index contributed by atoms with van der Waals surface area (Å²) in [5, 5.41) is 0. The zero-order valence-corrected chi connectivity index (χ0v) is 10.5. The highest BCUT2D eigenvalue weighted by molar-refractivity contribution is 5.39. The minimum Gasteiger partial charge on any atom is -0.271 e. The third-order valence-corrected chi connectivity index (χ3v) is 4.71. The van der Waals surface area contributed by atoms with E-state index < -0.39 is 0 Å². The van der Waals surface area contributed by atoms with E-state index in [-0.39, 0.29) is 0 Å². The number of hydrogen-bond acceptors (Lipinski definition) is 2. The molecule has 0 aromatic heterocycles. The Morgan fingerprint density at radius 3 is 2.76 bits per heavy atom. The molecule has 0 saturated heterocycles. The van der Waals surface area contributed by atoms with E-state index in [0.717, 1.165) is 17.8 Å². The van der Waals surface area contributed by atoms with Crippen LogP contribution >= 0.6 is 0 Å². The van der Waals surface area contributed by atoms with Gasteiger partial charge in [-0.3, -0.25) is 11.3 Å². The van der Waals surface area contributed by atoms with Crippen molar-refractivity contribution >= 4 is 0 Å². The summed E-state index contributed by atoms with van der Waals surface area (Å²) in [6, 6.07) is 9.31. The number of hydrazine groups is 1. The highest BCUT2D eigenvalue weighted by Gasteiger charge is 2.36. The predicted octanol–water partition coefficient (Wildman–Crippen LogP) is 2.59. The molecule has 3 N–H and O–H groups in total. The van der Waals surface area contributed by atoms with Gasteiger partial charge in [0.05, 0.1) is 0 Å². The van der Waals surface area contributed by atoms with E-state index in [1.165, 1.54) is 31.2 Å². The molecule has 0 heterocycles. The van der Waals surface area contributed by atoms with Gasteiger partial charge in [0.1, 0.15) is 0 Å². The summed E-state index contributed by atoms with van der Waals surface area (Å²) in [4.78, 5) is 0. The van der Waals surface area contributed by atoms with Gasteiger partial charge in [-0.25, -0.2) is 0 Å². The van der Waals surface area contributed by atoms with Crippen LogP contribution in [0.2, 0.25) is 0 Å². The zero-order valence-electron chi connectivity index (χ0n) is 10.5. The summed E-state index contributed by atoms with van der Waals surface area (Å²) in [5.74, 6) is 8.12. The Morgan fingerprint density at radius 2 is 2.12 bits per heavy atom. The molecule has 2 aliphatic carbocycles. The summed E-state index contributed by atoms with van der Waals surface area (Å²) >= 11 is 0. The first kappa shape index (κ1) is 11.2. The Balaban J connectivity index is 1.63. The molecule has 0 bridgehead atoms. The number of nitrogens with two attached hydrogens (primary N) is 1. The summed E-state index contributed by atoms with van der Waals surface area (Å²) in [7, 11) is 0. The molecular formula is C15H22N2. The summed E-state index contributed by atoms with van der Waals surface area (Å²) in [5.41, 5.74) is 6.14. The molecule has 1 saturated carbocycles. The molecule has 0 amide bonds. The van der Waals surface area contributed by atoms with Crippen molar-refractivity contribution in [3.05, 3.63) is 35.4 Å². The Bertz CT molecular complexity index is 398. The quantitative estimate of drug-likeness (QED) is 0.603. The fourth-order valence-corrected chi connectivity index (χ4v) is 3.26. The van der Waals surface area contributed by atoms with Gasteiger partial charge in [-0.15, -0.1) is 0 Å². The van der Waals surface area contributed by atoms with Crippen molar-refractivity contribution in [2.75, 3.05) is 0 Å². The van der Waals surface area contributed by atoms with Crippen LogP contribution in [0.15, 0.2) is 24.3 Å². The van der Waals surface area contributed by atoms with Crippen LogP contribution in [0.5, 0.6) is 0 Å². The Morgan fingerprint density at radius 1 is 1.35 bits per heavy atom. The Kier molecular flexibility index (Phi) is 2.93. The van der Waals surface area contributed by atoms with Crippen LogP contribution in [-0.4, -0.2) is 6.04 Å². The van der Waals surface area contributed by atoms with E-state index in [4.69, 9.17) is 5.84 Å². The second-order valence-corrected chi connectivity index (χ2v) is 5.81. The van der Waals surface area contributed by atoms with Gasteiger partial charge in [-0.1, -0.05) is 31.2 Å². The predicted molar refractivity (Wildman–Crippen MR) is 70.5 cm³/mol. The molecule has 1 aromatic rings. The molecule has 2 heteroatoms. The molecule has 1 fully saturated rings. The first-order chi connectivity index (χ1) is 8.29. The van der Waals surface area contributed by atoms with E-state index in [2.05, 4.69) is 36.6 Å². The van der Waals surface area contributed by atoms with Gasteiger partial charge in [0.25, 0.3) is 0 Å². The van der Waals surface area contributed by atoms with Gasteiger partial charge in [-0.05, 0) is 54.6 Å². The first-order valence-electron chi connectivity index (χ1n) is 6.83.